The Hall–Kier alpha value is -3.22. The van der Waals surface area contributed by atoms with Gasteiger partial charge in [-0.25, -0.2) is 9.59 Å². The molecule has 7 atom stereocenters. The number of rotatable bonds is 6. The standard InChI is InChI=1S/C34H46ClN3O8S/c1-19-10-8-9-11-23-17-25(44-33(42)36-23)20(2)31-34(4,46-31)27(45-32(41)21(3)37(5)28(39)12-13-47)18-29(40)38(6)24-15-22(14-19)16-26(43-7)30(24)35/h8-10,15-16,20-21,23,25,27,31,47H,11-14,17-18H2,1-7H3,(H,36,42)/b9-8+,19-10+/t20-,21+,23?,25+,27+,31+,34+/m1/s1. The third-order valence-corrected chi connectivity index (χ3v) is 10.0. The first-order valence-electron chi connectivity index (χ1n) is 15.9. The van der Waals surface area contributed by atoms with E-state index in [1.54, 1.807) is 20.9 Å². The third-order valence-electron chi connectivity index (χ3n) is 9.40. The fourth-order valence-electron chi connectivity index (χ4n) is 6.19. The number of hydrogen-bond donors (Lipinski definition) is 2. The molecule has 11 nitrogen and oxygen atoms in total. The summed E-state index contributed by atoms with van der Waals surface area (Å²) in [4.78, 5) is 55.3. The van der Waals surface area contributed by atoms with Gasteiger partial charge in [0.1, 0.15) is 34.6 Å². The molecule has 0 aromatic heterocycles. The summed E-state index contributed by atoms with van der Waals surface area (Å²) in [7, 11) is 4.65. The number of epoxide rings is 1. The highest BCUT2D eigenvalue weighted by Crippen LogP contribution is 2.48. The Balaban J connectivity index is 1.71. The molecule has 47 heavy (non-hydrogen) atoms. The molecule has 2 saturated heterocycles. The number of methoxy groups -OCH3 is 1. The van der Waals surface area contributed by atoms with Crippen LogP contribution in [-0.2, 0) is 35.0 Å². The number of likely N-dealkylation sites (N-methyl/N-ethyl adjacent to an activating group) is 1. The van der Waals surface area contributed by atoms with Gasteiger partial charge in [-0.2, -0.15) is 12.6 Å². The summed E-state index contributed by atoms with van der Waals surface area (Å²) in [5.41, 5.74) is 1.33. The molecule has 3 amide bonds. The smallest absolute Gasteiger partial charge is 0.407 e. The Morgan fingerprint density at radius 2 is 2.02 bits per heavy atom. The highest BCUT2D eigenvalue weighted by atomic mass is 35.5. The average molecular weight is 692 g/mol. The van der Waals surface area contributed by atoms with Crippen LogP contribution in [0.4, 0.5) is 10.5 Å². The van der Waals surface area contributed by atoms with Gasteiger partial charge in [-0.3, -0.25) is 9.59 Å². The summed E-state index contributed by atoms with van der Waals surface area (Å²) in [6, 6.07) is 2.63. The second kappa shape index (κ2) is 15.3. The number of carbonyl (C=O) groups is 4. The first-order chi connectivity index (χ1) is 22.2. The van der Waals surface area contributed by atoms with Crippen molar-refractivity contribution in [1.29, 1.82) is 0 Å². The number of alkyl carbamates (subject to hydrolysis) is 1. The molecule has 0 aliphatic carbocycles. The van der Waals surface area contributed by atoms with Gasteiger partial charge in [0.25, 0.3) is 0 Å². The maximum absolute atomic E-state index is 14.0. The summed E-state index contributed by atoms with van der Waals surface area (Å²) in [6.45, 7) is 7.30. The van der Waals surface area contributed by atoms with Crippen LogP contribution in [-0.4, -0.2) is 91.7 Å². The van der Waals surface area contributed by atoms with Crippen molar-refractivity contribution in [3.8, 4) is 5.75 Å². The molecule has 0 saturated carbocycles. The molecule has 0 spiro atoms. The zero-order chi connectivity index (χ0) is 34.6. The Bertz CT molecular complexity index is 1440. The average Bonchev–Trinajstić information content (AvgIpc) is 3.73. The zero-order valence-electron chi connectivity index (χ0n) is 28.1. The first kappa shape index (κ1) is 36.6. The topological polar surface area (TPSA) is 127 Å². The van der Waals surface area contributed by atoms with E-state index < -0.39 is 42.0 Å². The van der Waals surface area contributed by atoms with E-state index in [1.165, 1.54) is 24.0 Å². The van der Waals surface area contributed by atoms with Gasteiger partial charge < -0.3 is 34.1 Å². The number of nitrogens with one attached hydrogen (secondary N) is 1. The van der Waals surface area contributed by atoms with Crippen molar-refractivity contribution in [1.82, 2.24) is 10.2 Å². The predicted molar refractivity (Wildman–Crippen MR) is 182 cm³/mol. The van der Waals surface area contributed by atoms with Gasteiger partial charge >= 0.3 is 12.1 Å². The van der Waals surface area contributed by atoms with Gasteiger partial charge in [-0.1, -0.05) is 42.3 Å². The number of allylic oxidation sites excluding steroid dienone is 3. The van der Waals surface area contributed by atoms with E-state index in [1.807, 2.05) is 44.2 Å². The zero-order valence-corrected chi connectivity index (χ0v) is 29.7. The number of ether oxygens (including phenoxy) is 4. The molecule has 1 aromatic rings. The first-order valence-corrected chi connectivity index (χ1v) is 16.9. The normalized spacial score (nSPS) is 30.4. The monoisotopic (exact) mass is 691 g/mol. The fourth-order valence-corrected chi connectivity index (χ4v) is 6.70. The molecule has 2 fully saturated rings. The number of nitrogens with zero attached hydrogens (tertiary/aromatic N) is 2. The van der Waals surface area contributed by atoms with Gasteiger partial charge in [0.2, 0.25) is 11.8 Å². The van der Waals surface area contributed by atoms with Crippen LogP contribution in [0.2, 0.25) is 5.02 Å². The van der Waals surface area contributed by atoms with Crippen LogP contribution in [0, 0.1) is 5.92 Å². The molecular formula is C34H46ClN3O8S. The highest BCUT2D eigenvalue weighted by Gasteiger charge is 2.63. The largest absolute Gasteiger partial charge is 0.495 e. The molecule has 1 aromatic carbocycles. The Morgan fingerprint density at radius 1 is 1.30 bits per heavy atom. The second-order valence-electron chi connectivity index (χ2n) is 12.8. The number of benzene rings is 1. The summed E-state index contributed by atoms with van der Waals surface area (Å²) >= 11 is 10.8. The number of esters is 1. The van der Waals surface area contributed by atoms with Crippen LogP contribution in [0.3, 0.4) is 0 Å². The molecule has 1 unspecified atom stereocenters. The predicted octanol–water partition coefficient (Wildman–Crippen LogP) is 4.89. The van der Waals surface area contributed by atoms with Gasteiger partial charge in [0, 0.05) is 38.9 Å². The maximum Gasteiger partial charge on any atom is 0.407 e. The number of amides is 3. The van der Waals surface area contributed by atoms with Crippen molar-refractivity contribution in [3.63, 3.8) is 0 Å². The van der Waals surface area contributed by atoms with Gasteiger partial charge in [-0.05, 0) is 57.1 Å². The molecule has 258 valence electrons. The Kier molecular flexibility index (Phi) is 11.9. The van der Waals surface area contributed by atoms with Gasteiger partial charge in [-0.15, -0.1) is 0 Å². The van der Waals surface area contributed by atoms with E-state index in [4.69, 9.17) is 30.5 Å². The van der Waals surface area contributed by atoms with E-state index in [0.717, 1.165) is 11.1 Å². The van der Waals surface area contributed by atoms with Crippen molar-refractivity contribution in [3.05, 3.63) is 46.5 Å². The number of fused-ring (bicyclic) bond motifs is 5. The lowest BCUT2D eigenvalue weighted by molar-refractivity contribution is -0.161. The van der Waals surface area contributed by atoms with E-state index in [-0.39, 0.29) is 41.6 Å². The summed E-state index contributed by atoms with van der Waals surface area (Å²) in [5.74, 6) is -0.821. The highest BCUT2D eigenvalue weighted by molar-refractivity contribution is 7.80. The van der Waals surface area contributed by atoms with Crippen molar-refractivity contribution < 1.29 is 38.1 Å². The fraction of sp³-hybridized carbons (Fsp3) is 0.588. The number of halogens is 1. The Morgan fingerprint density at radius 3 is 2.70 bits per heavy atom. The number of thiol groups is 1. The van der Waals surface area contributed by atoms with Crippen LogP contribution in [0.15, 0.2) is 35.9 Å². The maximum atomic E-state index is 14.0. The van der Waals surface area contributed by atoms with Crippen LogP contribution in [0.5, 0.6) is 5.75 Å². The molecule has 4 bridgehead atoms. The number of carbonyl (C=O) groups excluding carboxylic acids is 4. The van der Waals surface area contributed by atoms with Crippen molar-refractivity contribution >= 4 is 53.8 Å². The lowest BCUT2D eigenvalue weighted by atomic mass is 9.85. The van der Waals surface area contributed by atoms with Crippen molar-refractivity contribution in [2.45, 2.75) is 95.8 Å². The summed E-state index contributed by atoms with van der Waals surface area (Å²) < 4.78 is 23.5. The van der Waals surface area contributed by atoms with Crippen LogP contribution < -0.4 is 15.0 Å². The SMILES string of the molecule is COc1cc2cc(c1Cl)N(C)C(=O)C[C@H](OC(=O)[C@H](C)N(C)C(=O)CCS)[C@]1(C)O[C@H]1[C@H](C)[C@@H]1CC(C/C=C/C=C(\C)C2)NC(=O)O1. The molecule has 13 heteroatoms. The van der Waals surface area contributed by atoms with Gasteiger partial charge in [0.15, 0.2) is 0 Å². The molecular weight excluding hydrogens is 646 g/mol. The summed E-state index contributed by atoms with van der Waals surface area (Å²) in [6.07, 6.45) is 5.20. The van der Waals surface area contributed by atoms with Gasteiger partial charge in [0.05, 0.1) is 25.3 Å². The molecule has 4 rings (SSSR count). The van der Waals surface area contributed by atoms with Crippen LogP contribution >= 0.6 is 24.2 Å². The van der Waals surface area contributed by atoms with E-state index >= 15 is 0 Å². The summed E-state index contributed by atoms with van der Waals surface area (Å²) in [5, 5.41) is 3.17. The van der Waals surface area contributed by atoms with Crippen molar-refractivity contribution in [2.24, 2.45) is 5.92 Å². The van der Waals surface area contributed by atoms with E-state index in [9.17, 15) is 19.2 Å². The lowest BCUT2D eigenvalue weighted by Crippen LogP contribution is -2.49. The molecule has 0 radical (unpaired) electrons. The molecule has 3 heterocycles. The van der Waals surface area contributed by atoms with Crippen molar-refractivity contribution in [2.75, 3.05) is 31.9 Å². The van der Waals surface area contributed by atoms with Crippen LogP contribution in [0.25, 0.3) is 0 Å². The lowest BCUT2D eigenvalue weighted by Gasteiger charge is -2.33. The number of hydrogen-bond acceptors (Lipinski definition) is 9. The Labute approximate surface area is 287 Å². The second-order valence-corrected chi connectivity index (χ2v) is 13.6. The molecule has 3 aliphatic heterocycles. The number of anilines is 1. The molecule has 1 N–H and O–H groups in total. The minimum absolute atomic E-state index is 0.140. The van der Waals surface area contributed by atoms with E-state index in [2.05, 4.69) is 17.9 Å². The quantitative estimate of drug-likeness (QED) is 0.245. The minimum Gasteiger partial charge on any atom is -0.495 e. The van der Waals surface area contributed by atoms with Crippen LogP contribution in [0.1, 0.15) is 58.9 Å². The minimum atomic E-state index is -1.07. The third kappa shape index (κ3) is 8.45. The molecule has 3 aliphatic rings. The van der Waals surface area contributed by atoms with E-state index in [0.29, 0.717) is 36.5 Å².